The fourth-order valence-corrected chi connectivity index (χ4v) is 3.45. The van der Waals surface area contributed by atoms with Crippen LogP contribution in [-0.2, 0) is 24.9 Å². The van der Waals surface area contributed by atoms with Crippen molar-refractivity contribution < 1.29 is 44.3 Å². The average molecular weight is 574 g/mol. The summed E-state index contributed by atoms with van der Waals surface area (Å²) in [5.74, 6) is 0. The summed E-state index contributed by atoms with van der Waals surface area (Å²) < 4.78 is 118. The van der Waals surface area contributed by atoms with Crippen LogP contribution < -0.4 is 10.6 Å². The summed E-state index contributed by atoms with van der Waals surface area (Å²) in [6.45, 7) is 0. The van der Waals surface area contributed by atoms with E-state index in [4.69, 9.17) is 0 Å². The lowest BCUT2D eigenvalue weighted by Crippen LogP contribution is -2.30. The molecule has 0 unspecified atom stereocenters. The summed E-state index contributed by atoms with van der Waals surface area (Å²) >= 11 is 0. The van der Waals surface area contributed by atoms with Gasteiger partial charge in [-0.05, 0) is 54.1 Å². The normalized spacial score (nSPS) is 13.2. The van der Waals surface area contributed by atoms with Gasteiger partial charge in [-0.2, -0.15) is 39.5 Å². The first kappa shape index (κ1) is 30.2. The number of aromatic nitrogens is 1. The Bertz CT molecular complexity index is 1360. The molecule has 0 bridgehead atoms. The highest BCUT2D eigenvalue weighted by Crippen LogP contribution is 2.37. The van der Waals surface area contributed by atoms with E-state index in [-0.39, 0.29) is 23.9 Å². The Hall–Kier alpha value is -4.36. The molecule has 1 heterocycles. The minimum atomic E-state index is -5.13. The number of allylic oxidation sites excluding steroid dienone is 2. The Morgan fingerprint density at radius 2 is 1.43 bits per heavy atom. The molecule has 0 atom stereocenters. The number of nitrogens with one attached hydrogen (secondary N) is 2. The fourth-order valence-electron chi connectivity index (χ4n) is 3.45. The van der Waals surface area contributed by atoms with Crippen LogP contribution in [0.1, 0.15) is 27.8 Å². The van der Waals surface area contributed by atoms with Crippen LogP contribution in [0.5, 0.6) is 0 Å². The minimum Gasteiger partial charge on any atom is -0.311 e. The second kappa shape index (κ2) is 11.8. The van der Waals surface area contributed by atoms with Crippen molar-refractivity contribution in [2.45, 2.75) is 24.9 Å². The molecule has 2 N–H and O–H groups in total. The molecule has 0 fully saturated rings. The van der Waals surface area contributed by atoms with Crippen LogP contribution in [0.25, 0.3) is 0 Å². The number of carbonyl (C=O) groups is 1. The quantitative estimate of drug-likeness (QED) is 0.237. The van der Waals surface area contributed by atoms with E-state index in [0.29, 0.717) is 23.3 Å². The molecule has 0 aliphatic heterocycles. The molecular weight excluding hydrogens is 555 g/mol. The number of amides is 2. The predicted octanol–water partition coefficient (Wildman–Crippen LogP) is 7.51. The maximum atomic E-state index is 13.2. The van der Waals surface area contributed by atoms with Crippen LogP contribution in [0.3, 0.4) is 0 Å². The fraction of sp³-hybridized carbons (Fsp3) is 0.192. The molecule has 0 saturated heterocycles. The molecule has 0 aliphatic carbocycles. The monoisotopic (exact) mass is 574 g/mol. The molecule has 0 spiro atoms. The SMILES string of the molecule is CN=C(/C=C(\Cc1ccc(C(F)(F)F)cc1)NC(=O)Nc1cc(C(F)(F)F)cc(C(F)(F)F)c1)c1cccnc1. The van der Waals surface area contributed by atoms with Gasteiger partial charge in [-0.3, -0.25) is 9.98 Å². The third kappa shape index (κ3) is 8.32. The largest absolute Gasteiger partial charge is 0.416 e. The standard InChI is InChI=1S/C26H19F9N4O/c1-36-22(16-3-2-8-37-14-16)13-20(9-15-4-6-17(7-5-15)24(27,28)29)38-23(40)39-21-11-18(25(30,31)32)10-19(12-21)26(33,34)35/h2-8,10-14H,9H2,1H3,(H2,38,39,40)/b20-13+,36-22?. The van der Waals surface area contributed by atoms with E-state index in [9.17, 15) is 44.3 Å². The summed E-state index contributed by atoms with van der Waals surface area (Å²) in [6.07, 6.45) is -10.7. The number of nitrogens with zero attached hydrogens (tertiary/aromatic N) is 2. The van der Waals surface area contributed by atoms with E-state index in [1.165, 1.54) is 25.5 Å². The van der Waals surface area contributed by atoms with E-state index in [1.807, 2.05) is 5.32 Å². The van der Waals surface area contributed by atoms with Gasteiger partial charge in [0, 0.05) is 42.8 Å². The van der Waals surface area contributed by atoms with Crippen molar-refractivity contribution in [3.05, 3.63) is 107 Å². The lowest BCUT2D eigenvalue weighted by molar-refractivity contribution is -0.143. The van der Waals surface area contributed by atoms with Crippen LogP contribution in [0.4, 0.5) is 50.0 Å². The number of rotatable bonds is 6. The van der Waals surface area contributed by atoms with Crippen molar-refractivity contribution in [3.8, 4) is 0 Å². The minimum absolute atomic E-state index is 0.0183. The van der Waals surface area contributed by atoms with Gasteiger partial charge in [0.15, 0.2) is 0 Å². The molecule has 0 aliphatic rings. The van der Waals surface area contributed by atoms with Gasteiger partial charge in [-0.1, -0.05) is 12.1 Å². The van der Waals surface area contributed by atoms with Crippen LogP contribution >= 0.6 is 0 Å². The van der Waals surface area contributed by atoms with Crippen LogP contribution in [-0.4, -0.2) is 23.8 Å². The number of benzene rings is 2. The Labute approximate surface area is 221 Å². The van der Waals surface area contributed by atoms with Crippen molar-refractivity contribution in [2.75, 3.05) is 12.4 Å². The van der Waals surface area contributed by atoms with Crippen molar-refractivity contribution in [1.82, 2.24) is 10.3 Å². The smallest absolute Gasteiger partial charge is 0.311 e. The number of alkyl halides is 9. The number of carbonyl (C=O) groups excluding carboxylic acids is 1. The number of hydrogen-bond donors (Lipinski definition) is 2. The van der Waals surface area contributed by atoms with Gasteiger partial charge in [0.05, 0.1) is 22.4 Å². The van der Waals surface area contributed by atoms with Gasteiger partial charge in [0.1, 0.15) is 0 Å². The molecule has 1 aromatic heterocycles. The first-order chi connectivity index (χ1) is 18.6. The van der Waals surface area contributed by atoms with E-state index in [0.717, 1.165) is 24.3 Å². The van der Waals surface area contributed by atoms with Crippen LogP contribution in [0.2, 0.25) is 0 Å². The third-order valence-electron chi connectivity index (χ3n) is 5.30. The highest BCUT2D eigenvalue weighted by atomic mass is 19.4. The molecule has 2 amide bonds. The molecule has 40 heavy (non-hydrogen) atoms. The molecule has 14 heteroatoms. The predicted molar refractivity (Wildman–Crippen MR) is 129 cm³/mol. The summed E-state index contributed by atoms with van der Waals surface area (Å²) in [4.78, 5) is 20.7. The van der Waals surface area contributed by atoms with E-state index >= 15 is 0 Å². The first-order valence-corrected chi connectivity index (χ1v) is 11.2. The maximum Gasteiger partial charge on any atom is 0.416 e. The molecular formula is C26H19F9N4O. The Balaban J connectivity index is 1.94. The number of pyridine rings is 1. The van der Waals surface area contributed by atoms with Crippen molar-refractivity contribution in [2.24, 2.45) is 4.99 Å². The number of anilines is 1. The second-order valence-corrected chi connectivity index (χ2v) is 8.27. The Morgan fingerprint density at radius 1 is 0.850 bits per heavy atom. The maximum absolute atomic E-state index is 13.2. The lowest BCUT2D eigenvalue weighted by atomic mass is 10.0. The van der Waals surface area contributed by atoms with E-state index in [2.05, 4.69) is 15.3 Å². The number of halogens is 9. The molecule has 0 radical (unpaired) electrons. The van der Waals surface area contributed by atoms with Crippen LogP contribution in [0.15, 0.2) is 83.8 Å². The zero-order valence-electron chi connectivity index (χ0n) is 20.3. The first-order valence-electron chi connectivity index (χ1n) is 11.2. The molecule has 2 aromatic carbocycles. The molecule has 0 saturated carbocycles. The summed E-state index contributed by atoms with van der Waals surface area (Å²) in [7, 11) is 1.41. The Kier molecular flexibility index (Phi) is 8.90. The molecule has 3 aromatic rings. The summed E-state index contributed by atoms with van der Waals surface area (Å²) in [5.41, 5.74) is -3.87. The van der Waals surface area contributed by atoms with Gasteiger partial charge >= 0.3 is 24.6 Å². The molecule has 212 valence electrons. The highest BCUT2D eigenvalue weighted by Gasteiger charge is 2.37. The molecule has 5 nitrogen and oxygen atoms in total. The lowest BCUT2D eigenvalue weighted by Gasteiger charge is -2.16. The van der Waals surface area contributed by atoms with Crippen molar-refractivity contribution >= 4 is 17.4 Å². The Morgan fingerprint density at radius 3 is 1.90 bits per heavy atom. The summed E-state index contributed by atoms with van der Waals surface area (Å²) in [5, 5.41) is 4.29. The average Bonchev–Trinajstić information content (AvgIpc) is 2.86. The van der Waals surface area contributed by atoms with E-state index < -0.39 is 46.9 Å². The molecule has 3 rings (SSSR count). The summed E-state index contributed by atoms with van der Waals surface area (Å²) in [6, 6.07) is 6.57. The highest BCUT2D eigenvalue weighted by molar-refractivity contribution is 6.09. The number of hydrogen-bond acceptors (Lipinski definition) is 3. The van der Waals surface area contributed by atoms with Gasteiger partial charge in [-0.25, -0.2) is 4.79 Å². The zero-order valence-corrected chi connectivity index (χ0v) is 20.3. The van der Waals surface area contributed by atoms with Gasteiger partial charge in [0.2, 0.25) is 0 Å². The van der Waals surface area contributed by atoms with Gasteiger partial charge in [0.25, 0.3) is 0 Å². The van der Waals surface area contributed by atoms with Gasteiger partial charge < -0.3 is 10.6 Å². The number of aliphatic imine (C=N–C) groups is 1. The zero-order chi connectivity index (χ0) is 29.7. The van der Waals surface area contributed by atoms with Crippen LogP contribution in [0, 0.1) is 0 Å². The van der Waals surface area contributed by atoms with Gasteiger partial charge in [-0.15, -0.1) is 0 Å². The number of urea groups is 1. The topological polar surface area (TPSA) is 66.4 Å². The van der Waals surface area contributed by atoms with Crippen molar-refractivity contribution in [3.63, 3.8) is 0 Å². The third-order valence-corrected chi connectivity index (χ3v) is 5.30. The van der Waals surface area contributed by atoms with Crippen molar-refractivity contribution in [1.29, 1.82) is 0 Å². The van der Waals surface area contributed by atoms with E-state index in [1.54, 1.807) is 12.1 Å². The second-order valence-electron chi connectivity index (χ2n) is 8.27.